The molecule has 1 aromatic heterocycles. The van der Waals surface area contributed by atoms with Crippen LogP contribution < -0.4 is 11.1 Å². The molecule has 0 spiro atoms. The second-order valence-corrected chi connectivity index (χ2v) is 4.82. The summed E-state index contributed by atoms with van der Waals surface area (Å²) in [5.74, 6) is 0.754. The van der Waals surface area contributed by atoms with Gasteiger partial charge in [0.25, 0.3) is 0 Å². The summed E-state index contributed by atoms with van der Waals surface area (Å²) in [6, 6.07) is 6.76. The van der Waals surface area contributed by atoms with Gasteiger partial charge in [-0.1, -0.05) is 23.2 Å². The molecule has 1 heterocycles. The first-order valence-corrected chi connectivity index (χ1v) is 6.11. The van der Waals surface area contributed by atoms with E-state index in [0.29, 0.717) is 26.4 Å². The summed E-state index contributed by atoms with van der Waals surface area (Å²) in [4.78, 5) is 8.15. The number of hydrogen-bond donors (Lipinski definition) is 2. The zero-order chi connectivity index (χ0) is 12.4. The maximum Gasteiger partial charge on any atom is 0.230 e. The van der Waals surface area contributed by atoms with E-state index in [4.69, 9.17) is 28.9 Å². The average Bonchev–Trinajstić information content (AvgIpc) is 2.22. The summed E-state index contributed by atoms with van der Waals surface area (Å²) in [7, 11) is 0. The Morgan fingerprint density at radius 2 is 1.88 bits per heavy atom. The Morgan fingerprint density at radius 3 is 2.53 bits per heavy atom. The van der Waals surface area contributed by atoms with Gasteiger partial charge in [0.2, 0.25) is 5.95 Å². The molecule has 0 bridgehead atoms. The van der Waals surface area contributed by atoms with Crippen LogP contribution >= 0.6 is 39.1 Å². The van der Waals surface area contributed by atoms with Gasteiger partial charge in [-0.3, -0.25) is 0 Å². The van der Waals surface area contributed by atoms with E-state index in [-0.39, 0.29) is 0 Å². The van der Waals surface area contributed by atoms with Gasteiger partial charge >= 0.3 is 0 Å². The van der Waals surface area contributed by atoms with E-state index >= 15 is 0 Å². The lowest BCUT2D eigenvalue weighted by atomic mass is 10.3. The summed E-state index contributed by atoms with van der Waals surface area (Å²) in [6.07, 6.45) is 0. The monoisotopic (exact) mass is 332 g/mol. The van der Waals surface area contributed by atoms with Gasteiger partial charge in [-0.15, -0.1) is 0 Å². The zero-order valence-electron chi connectivity index (χ0n) is 8.42. The first-order valence-electron chi connectivity index (χ1n) is 4.57. The zero-order valence-corrected chi connectivity index (χ0v) is 11.5. The highest BCUT2D eigenvalue weighted by Gasteiger charge is 2.03. The van der Waals surface area contributed by atoms with Crippen LogP contribution in [0.5, 0.6) is 0 Å². The lowest BCUT2D eigenvalue weighted by Gasteiger charge is -2.06. The average molecular weight is 334 g/mol. The minimum atomic E-state index is 0.370. The van der Waals surface area contributed by atoms with E-state index in [1.807, 2.05) is 0 Å². The fraction of sp³-hybridized carbons (Fsp3) is 0. The molecule has 7 heteroatoms. The molecule has 0 amide bonds. The summed E-state index contributed by atoms with van der Waals surface area (Å²) in [5, 5.41) is 3.93. The number of nitrogen functional groups attached to an aromatic ring is 1. The fourth-order valence-electron chi connectivity index (χ4n) is 1.19. The standard InChI is InChI=1S/C10H7BrCl2N4/c11-8-4-9(14)17-10(16-8)15-5-1-2-6(12)7(13)3-5/h1-4H,(H3,14,15,16,17). The molecule has 2 aromatic rings. The highest BCUT2D eigenvalue weighted by atomic mass is 79.9. The van der Waals surface area contributed by atoms with Gasteiger partial charge in [-0.2, -0.15) is 4.98 Å². The number of benzene rings is 1. The Labute approximate surface area is 116 Å². The third-order valence-electron chi connectivity index (χ3n) is 1.89. The Balaban J connectivity index is 2.28. The summed E-state index contributed by atoms with van der Waals surface area (Å²) in [5.41, 5.74) is 6.33. The van der Waals surface area contributed by atoms with Crippen molar-refractivity contribution >= 4 is 56.6 Å². The van der Waals surface area contributed by atoms with Crippen molar-refractivity contribution in [3.8, 4) is 0 Å². The molecular weight excluding hydrogens is 327 g/mol. The number of anilines is 3. The predicted octanol–water partition coefficient (Wildman–Crippen LogP) is 3.87. The fourth-order valence-corrected chi connectivity index (χ4v) is 1.89. The molecular formula is C10H7BrCl2N4. The minimum Gasteiger partial charge on any atom is -0.383 e. The summed E-state index contributed by atoms with van der Waals surface area (Å²) < 4.78 is 0.604. The molecule has 0 fully saturated rings. The topological polar surface area (TPSA) is 63.8 Å². The van der Waals surface area contributed by atoms with E-state index in [1.54, 1.807) is 24.3 Å². The largest absolute Gasteiger partial charge is 0.383 e. The number of aromatic nitrogens is 2. The molecule has 17 heavy (non-hydrogen) atoms. The van der Waals surface area contributed by atoms with Crippen molar-refractivity contribution < 1.29 is 0 Å². The molecule has 0 aliphatic rings. The van der Waals surface area contributed by atoms with E-state index in [0.717, 1.165) is 5.69 Å². The van der Waals surface area contributed by atoms with Gasteiger partial charge in [0.15, 0.2) is 0 Å². The van der Waals surface area contributed by atoms with Crippen molar-refractivity contribution in [3.63, 3.8) is 0 Å². The van der Waals surface area contributed by atoms with Gasteiger partial charge in [0, 0.05) is 11.8 Å². The maximum atomic E-state index is 5.90. The second-order valence-electron chi connectivity index (χ2n) is 3.19. The van der Waals surface area contributed by atoms with Crippen LogP contribution in [-0.4, -0.2) is 9.97 Å². The lowest BCUT2D eigenvalue weighted by molar-refractivity contribution is 1.15. The molecule has 3 N–H and O–H groups in total. The van der Waals surface area contributed by atoms with Crippen LogP contribution in [0.25, 0.3) is 0 Å². The van der Waals surface area contributed by atoms with Crippen molar-refractivity contribution in [1.29, 1.82) is 0 Å². The van der Waals surface area contributed by atoms with Crippen LogP contribution in [0.15, 0.2) is 28.9 Å². The number of rotatable bonds is 2. The van der Waals surface area contributed by atoms with Crippen LogP contribution in [0.3, 0.4) is 0 Å². The number of nitrogens with two attached hydrogens (primary N) is 1. The van der Waals surface area contributed by atoms with E-state index in [2.05, 4.69) is 31.2 Å². The van der Waals surface area contributed by atoms with Crippen molar-refractivity contribution in [3.05, 3.63) is 38.9 Å². The van der Waals surface area contributed by atoms with Crippen molar-refractivity contribution in [2.45, 2.75) is 0 Å². The van der Waals surface area contributed by atoms with Crippen molar-refractivity contribution in [1.82, 2.24) is 9.97 Å². The van der Waals surface area contributed by atoms with Crippen LogP contribution in [0.1, 0.15) is 0 Å². The highest BCUT2D eigenvalue weighted by molar-refractivity contribution is 9.10. The Hall–Kier alpha value is -1.04. The number of hydrogen-bond acceptors (Lipinski definition) is 4. The molecule has 88 valence electrons. The van der Waals surface area contributed by atoms with Crippen LogP contribution in [-0.2, 0) is 0 Å². The SMILES string of the molecule is Nc1cc(Br)nc(Nc2ccc(Cl)c(Cl)c2)n1. The third kappa shape index (κ3) is 3.21. The summed E-state index contributed by atoms with van der Waals surface area (Å²) in [6.45, 7) is 0. The smallest absolute Gasteiger partial charge is 0.230 e. The molecule has 0 atom stereocenters. The molecule has 1 aromatic carbocycles. The molecule has 2 rings (SSSR count). The minimum absolute atomic E-state index is 0.370. The van der Waals surface area contributed by atoms with Gasteiger partial charge < -0.3 is 11.1 Å². The number of nitrogens with zero attached hydrogens (tertiary/aromatic N) is 2. The number of halogens is 3. The van der Waals surface area contributed by atoms with Crippen molar-refractivity contribution in [2.75, 3.05) is 11.1 Å². The van der Waals surface area contributed by atoms with Gasteiger partial charge in [0.1, 0.15) is 10.4 Å². The Morgan fingerprint density at radius 1 is 1.12 bits per heavy atom. The van der Waals surface area contributed by atoms with E-state index < -0.39 is 0 Å². The predicted molar refractivity (Wildman–Crippen MR) is 73.9 cm³/mol. The third-order valence-corrected chi connectivity index (χ3v) is 3.04. The first-order chi connectivity index (χ1) is 8.04. The van der Waals surface area contributed by atoms with Crippen LogP contribution in [0.4, 0.5) is 17.5 Å². The second kappa shape index (κ2) is 5.08. The molecule has 0 saturated carbocycles. The maximum absolute atomic E-state index is 5.90. The normalized spacial score (nSPS) is 10.3. The Kier molecular flexibility index (Phi) is 3.71. The summed E-state index contributed by atoms with van der Waals surface area (Å²) >= 11 is 14.9. The van der Waals surface area contributed by atoms with Crippen molar-refractivity contribution in [2.24, 2.45) is 0 Å². The molecule has 0 aliphatic carbocycles. The van der Waals surface area contributed by atoms with Gasteiger partial charge in [0.05, 0.1) is 10.0 Å². The molecule has 0 saturated heterocycles. The number of nitrogens with one attached hydrogen (secondary N) is 1. The molecule has 4 nitrogen and oxygen atoms in total. The molecule has 0 aliphatic heterocycles. The van der Waals surface area contributed by atoms with Gasteiger partial charge in [-0.05, 0) is 34.1 Å². The van der Waals surface area contributed by atoms with E-state index in [9.17, 15) is 0 Å². The Bertz CT molecular complexity index is 542. The lowest BCUT2D eigenvalue weighted by Crippen LogP contribution is -2.00. The molecule has 0 unspecified atom stereocenters. The van der Waals surface area contributed by atoms with Crippen LogP contribution in [0, 0.1) is 0 Å². The highest BCUT2D eigenvalue weighted by Crippen LogP contribution is 2.26. The van der Waals surface area contributed by atoms with E-state index in [1.165, 1.54) is 0 Å². The first kappa shape index (κ1) is 12.4. The molecule has 0 radical (unpaired) electrons. The van der Waals surface area contributed by atoms with Gasteiger partial charge in [-0.25, -0.2) is 4.98 Å². The van der Waals surface area contributed by atoms with Crippen LogP contribution in [0.2, 0.25) is 10.0 Å². The quantitative estimate of drug-likeness (QED) is 0.819.